The Kier molecular flexibility index (Phi) is 3.29. The Hall–Kier alpha value is -1.35. The molecule has 3 nitrogen and oxygen atoms in total. The fourth-order valence-electron chi connectivity index (χ4n) is 0.889. The summed E-state index contributed by atoms with van der Waals surface area (Å²) in [6.45, 7) is 1.01. The van der Waals surface area contributed by atoms with Crippen LogP contribution in [0.15, 0.2) is 24.3 Å². The van der Waals surface area contributed by atoms with Crippen LogP contribution in [0.1, 0.15) is 5.56 Å². The summed E-state index contributed by atoms with van der Waals surface area (Å²) in [4.78, 5) is 9.95. The predicted molar refractivity (Wildman–Crippen MR) is 45.9 cm³/mol. The van der Waals surface area contributed by atoms with Crippen LogP contribution in [0.3, 0.4) is 0 Å². The monoisotopic (exact) mass is 165 g/mol. The lowest BCUT2D eigenvalue weighted by Gasteiger charge is -2.00. The topological polar surface area (TPSA) is 49.3 Å². The minimum Gasteiger partial charge on any atom is -0.508 e. The zero-order valence-corrected chi connectivity index (χ0v) is 6.66. The first-order valence-corrected chi connectivity index (χ1v) is 3.75. The summed E-state index contributed by atoms with van der Waals surface area (Å²) in [5, 5.41) is 11.9. The first-order valence-electron chi connectivity index (χ1n) is 3.75. The van der Waals surface area contributed by atoms with Crippen molar-refractivity contribution in [2.24, 2.45) is 0 Å². The van der Waals surface area contributed by atoms with Crippen LogP contribution < -0.4 is 5.32 Å². The van der Waals surface area contributed by atoms with Gasteiger partial charge in [0.1, 0.15) is 12.0 Å². The molecule has 64 valence electrons. The number of nitrogens with one attached hydrogen (secondary N) is 1. The van der Waals surface area contributed by atoms with Gasteiger partial charge in [0, 0.05) is 6.54 Å². The zero-order chi connectivity index (χ0) is 8.81. The van der Waals surface area contributed by atoms with E-state index in [2.05, 4.69) is 5.32 Å². The summed E-state index contributed by atoms with van der Waals surface area (Å²) < 4.78 is 0. The SMILES string of the molecule is O=CCNCc1ccc(O)cc1. The van der Waals surface area contributed by atoms with E-state index in [4.69, 9.17) is 5.11 Å². The van der Waals surface area contributed by atoms with E-state index < -0.39 is 0 Å². The number of benzene rings is 1. The third kappa shape index (κ3) is 2.72. The molecule has 0 aliphatic heterocycles. The molecule has 12 heavy (non-hydrogen) atoms. The van der Waals surface area contributed by atoms with Crippen molar-refractivity contribution in [1.29, 1.82) is 0 Å². The van der Waals surface area contributed by atoms with Crippen LogP contribution in [0.25, 0.3) is 0 Å². The van der Waals surface area contributed by atoms with Gasteiger partial charge in [-0.25, -0.2) is 0 Å². The number of carbonyl (C=O) groups excluding carboxylic acids is 1. The van der Waals surface area contributed by atoms with Crippen molar-refractivity contribution in [1.82, 2.24) is 5.32 Å². The number of carbonyl (C=O) groups is 1. The van der Waals surface area contributed by atoms with Gasteiger partial charge in [0.25, 0.3) is 0 Å². The van der Waals surface area contributed by atoms with E-state index in [-0.39, 0.29) is 5.75 Å². The minimum atomic E-state index is 0.258. The molecule has 0 radical (unpaired) electrons. The maximum Gasteiger partial charge on any atom is 0.133 e. The summed E-state index contributed by atoms with van der Waals surface area (Å²) >= 11 is 0. The number of phenolic OH excluding ortho intramolecular Hbond substituents is 1. The molecule has 1 rings (SSSR count). The number of hydrogen-bond donors (Lipinski definition) is 2. The molecule has 0 aliphatic rings. The fourth-order valence-corrected chi connectivity index (χ4v) is 0.889. The number of hydrogen-bond acceptors (Lipinski definition) is 3. The summed E-state index contributed by atoms with van der Waals surface area (Å²) in [7, 11) is 0. The second kappa shape index (κ2) is 4.51. The molecule has 3 heteroatoms. The lowest BCUT2D eigenvalue weighted by atomic mass is 10.2. The molecule has 2 N–H and O–H groups in total. The Balaban J connectivity index is 2.42. The molecule has 0 unspecified atom stereocenters. The Labute approximate surface area is 71.0 Å². The maximum atomic E-state index is 9.95. The number of aldehydes is 1. The highest BCUT2D eigenvalue weighted by molar-refractivity contribution is 5.51. The first kappa shape index (κ1) is 8.74. The van der Waals surface area contributed by atoms with E-state index in [1.54, 1.807) is 12.1 Å². The molecule has 0 saturated carbocycles. The van der Waals surface area contributed by atoms with Crippen LogP contribution in [0, 0.1) is 0 Å². The van der Waals surface area contributed by atoms with Gasteiger partial charge < -0.3 is 15.2 Å². The molecular weight excluding hydrogens is 154 g/mol. The van der Waals surface area contributed by atoms with Gasteiger partial charge in [0.2, 0.25) is 0 Å². The van der Waals surface area contributed by atoms with E-state index in [0.29, 0.717) is 13.1 Å². The lowest BCUT2D eigenvalue weighted by Crippen LogP contribution is -2.15. The van der Waals surface area contributed by atoms with Gasteiger partial charge in [-0.05, 0) is 17.7 Å². The summed E-state index contributed by atoms with van der Waals surface area (Å²) in [5.74, 6) is 0.258. The molecule has 0 spiro atoms. The van der Waals surface area contributed by atoms with Gasteiger partial charge in [0.15, 0.2) is 0 Å². The highest BCUT2D eigenvalue weighted by Crippen LogP contribution is 2.08. The van der Waals surface area contributed by atoms with Crippen molar-refractivity contribution in [3.63, 3.8) is 0 Å². The van der Waals surface area contributed by atoms with E-state index in [1.165, 1.54) is 0 Å². The molecule has 1 aromatic carbocycles. The Bertz CT molecular complexity index is 243. The minimum absolute atomic E-state index is 0.258. The quantitative estimate of drug-likeness (QED) is 0.509. The normalized spacial score (nSPS) is 9.67. The number of rotatable bonds is 4. The molecule has 0 amide bonds. The molecular formula is C9H11NO2. The second-order valence-electron chi connectivity index (χ2n) is 2.46. The van der Waals surface area contributed by atoms with Gasteiger partial charge in [-0.1, -0.05) is 12.1 Å². The fraction of sp³-hybridized carbons (Fsp3) is 0.222. The van der Waals surface area contributed by atoms with Crippen molar-refractivity contribution in [2.75, 3.05) is 6.54 Å². The molecule has 0 saturated heterocycles. The first-order chi connectivity index (χ1) is 5.83. The van der Waals surface area contributed by atoms with Crippen LogP contribution in [-0.2, 0) is 11.3 Å². The third-order valence-electron chi connectivity index (χ3n) is 1.49. The second-order valence-corrected chi connectivity index (χ2v) is 2.46. The van der Waals surface area contributed by atoms with E-state index in [1.807, 2.05) is 12.1 Å². The molecule has 1 aromatic rings. The van der Waals surface area contributed by atoms with Crippen molar-refractivity contribution in [2.45, 2.75) is 6.54 Å². The average molecular weight is 165 g/mol. The third-order valence-corrected chi connectivity index (χ3v) is 1.49. The van der Waals surface area contributed by atoms with Crippen LogP contribution >= 0.6 is 0 Å². The highest BCUT2D eigenvalue weighted by Gasteiger charge is 1.91. The lowest BCUT2D eigenvalue weighted by molar-refractivity contribution is -0.107. The van der Waals surface area contributed by atoms with Crippen LogP contribution in [-0.4, -0.2) is 17.9 Å². The molecule has 0 fully saturated rings. The van der Waals surface area contributed by atoms with Crippen molar-refractivity contribution < 1.29 is 9.90 Å². The Morgan fingerprint density at radius 2 is 2.00 bits per heavy atom. The maximum absolute atomic E-state index is 9.95. The Morgan fingerprint density at radius 1 is 1.33 bits per heavy atom. The van der Waals surface area contributed by atoms with Gasteiger partial charge in [-0.2, -0.15) is 0 Å². The van der Waals surface area contributed by atoms with Gasteiger partial charge >= 0.3 is 0 Å². The zero-order valence-electron chi connectivity index (χ0n) is 6.66. The molecule has 0 aromatic heterocycles. The standard InChI is InChI=1S/C9H11NO2/c11-6-5-10-7-8-1-3-9(12)4-2-8/h1-4,6,10,12H,5,7H2. The van der Waals surface area contributed by atoms with Gasteiger partial charge in [-0.15, -0.1) is 0 Å². The molecule has 0 bridgehead atoms. The van der Waals surface area contributed by atoms with E-state index in [9.17, 15) is 4.79 Å². The number of phenols is 1. The highest BCUT2D eigenvalue weighted by atomic mass is 16.3. The largest absolute Gasteiger partial charge is 0.508 e. The van der Waals surface area contributed by atoms with E-state index >= 15 is 0 Å². The van der Waals surface area contributed by atoms with Crippen molar-refractivity contribution >= 4 is 6.29 Å². The molecule has 0 atom stereocenters. The van der Waals surface area contributed by atoms with Crippen LogP contribution in [0.4, 0.5) is 0 Å². The molecule has 0 heterocycles. The summed E-state index contributed by atoms with van der Waals surface area (Å²) in [6, 6.07) is 6.87. The molecule has 0 aliphatic carbocycles. The van der Waals surface area contributed by atoms with Crippen LogP contribution in [0.2, 0.25) is 0 Å². The average Bonchev–Trinajstić information content (AvgIpc) is 2.09. The Morgan fingerprint density at radius 3 is 2.58 bits per heavy atom. The summed E-state index contributed by atoms with van der Waals surface area (Å²) in [6.07, 6.45) is 0.820. The predicted octanol–water partition coefficient (Wildman–Crippen LogP) is 0.681. The smallest absolute Gasteiger partial charge is 0.133 e. The van der Waals surface area contributed by atoms with Crippen LogP contribution in [0.5, 0.6) is 5.75 Å². The summed E-state index contributed by atoms with van der Waals surface area (Å²) in [5.41, 5.74) is 1.05. The number of aromatic hydroxyl groups is 1. The van der Waals surface area contributed by atoms with Gasteiger partial charge in [-0.3, -0.25) is 0 Å². The van der Waals surface area contributed by atoms with E-state index in [0.717, 1.165) is 11.8 Å². The van der Waals surface area contributed by atoms with Crippen molar-refractivity contribution in [3.8, 4) is 5.75 Å². The van der Waals surface area contributed by atoms with Crippen molar-refractivity contribution in [3.05, 3.63) is 29.8 Å². The van der Waals surface area contributed by atoms with Gasteiger partial charge in [0.05, 0.1) is 6.54 Å².